The number of benzene rings is 3. The molecule has 1 fully saturated rings. The van der Waals surface area contributed by atoms with E-state index in [4.69, 9.17) is 11.6 Å². The highest BCUT2D eigenvalue weighted by atomic mass is 35.5. The Morgan fingerprint density at radius 1 is 0.950 bits per heavy atom. The first-order valence-electron chi connectivity index (χ1n) is 12.4. The third-order valence-electron chi connectivity index (χ3n) is 7.02. The molecule has 3 heterocycles. The van der Waals surface area contributed by atoms with E-state index < -0.39 is 23.0 Å². The number of aromatic nitrogens is 1. The Balaban J connectivity index is 1.40. The van der Waals surface area contributed by atoms with Crippen LogP contribution in [0.25, 0.3) is 0 Å². The predicted octanol–water partition coefficient (Wildman–Crippen LogP) is 5.01. The third-order valence-corrected chi connectivity index (χ3v) is 9.88. The Hall–Kier alpha value is -3.86. The molecule has 3 atom stereocenters. The summed E-state index contributed by atoms with van der Waals surface area (Å²) in [5, 5.41) is 12.9. The summed E-state index contributed by atoms with van der Waals surface area (Å²) in [6.07, 6.45) is 0. The highest BCUT2D eigenvalue weighted by Crippen LogP contribution is 2.54. The molecule has 1 aromatic heterocycles. The molecule has 11 heteroatoms. The lowest BCUT2D eigenvalue weighted by Crippen LogP contribution is -2.33. The molecule has 3 unspecified atom stereocenters. The number of thiazole rings is 1. The molecule has 2 N–H and O–H groups in total. The molecule has 0 saturated carbocycles. The fourth-order valence-electron chi connectivity index (χ4n) is 5.12. The molecule has 0 bridgehead atoms. The second-order valence-electron chi connectivity index (χ2n) is 9.66. The van der Waals surface area contributed by atoms with Gasteiger partial charge in [0.1, 0.15) is 17.5 Å². The number of aryl methyl sites for hydroxylation is 1. The molecular weight excluding hydrogens is 570 g/mol. The molecule has 3 amide bonds. The van der Waals surface area contributed by atoms with E-state index in [0.29, 0.717) is 31.9 Å². The zero-order chi connectivity index (χ0) is 28.1. The maximum Gasteiger partial charge on any atom is 0.308 e. The summed E-state index contributed by atoms with van der Waals surface area (Å²) in [5.74, 6) is -2.50. The first kappa shape index (κ1) is 26.4. The molecule has 0 radical (unpaired) electrons. The lowest BCUT2D eigenvalue weighted by molar-refractivity contribution is -0.122. The number of phenolic OH excluding ortho intramolecular Hbond substituents is 1. The van der Waals surface area contributed by atoms with Crippen LogP contribution in [0.1, 0.15) is 21.9 Å². The van der Waals surface area contributed by atoms with Crippen LogP contribution >= 0.6 is 34.7 Å². The minimum Gasteiger partial charge on any atom is -0.508 e. The number of amides is 3. The van der Waals surface area contributed by atoms with Crippen LogP contribution in [-0.2, 0) is 20.9 Å². The quantitative estimate of drug-likeness (QED) is 0.316. The number of phenols is 1. The summed E-state index contributed by atoms with van der Waals surface area (Å²) >= 11 is 8.15. The van der Waals surface area contributed by atoms with E-state index in [1.165, 1.54) is 21.6 Å². The fraction of sp³-hybridized carbons (Fsp3) is 0.172. The first-order valence-corrected chi connectivity index (χ1v) is 14.5. The SMILES string of the molecule is Cc1ccc(NC(=O)Cn2c3c(sc2=O)C(c2ccc(O)cc2)C2C(=O)N(c4ccc(Cl)cc4)C(=O)C2S3)cc1. The molecule has 2 aliphatic heterocycles. The van der Waals surface area contributed by atoms with Crippen molar-refractivity contribution in [1.29, 1.82) is 0 Å². The van der Waals surface area contributed by atoms with Gasteiger partial charge in [-0.3, -0.25) is 23.7 Å². The van der Waals surface area contributed by atoms with Crippen LogP contribution in [0, 0.1) is 12.8 Å². The second-order valence-corrected chi connectivity index (χ2v) is 12.2. The van der Waals surface area contributed by atoms with Crippen LogP contribution in [0.3, 0.4) is 0 Å². The van der Waals surface area contributed by atoms with Gasteiger partial charge in [0.25, 0.3) is 0 Å². The van der Waals surface area contributed by atoms with Crippen molar-refractivity contribution >= 4 is 63.8 Å². The number of thioether (sulfide) groups is 1. The number of carbonyl (C=O) groups is 3. The predicted molar refractivity (Wildman–Crippen MR) is 155 cm³/mol. The highest BCUT2D eigenvalue weighted by Gasteiger charge is 2.56. The van der Waals surface area contributed by atoms with Crippen molar-refractivity contribution in [3.05, 3.63) is 103 Å². The number of nitrogens with zero attached hydrogens (tertiary/aromatic N) is 2. The number of hydrogen-bond donors (Lipinski definition) is 2. The van der Waals surface area contributed by atoms with Gasteiger partial charge in [-0.1, -0.05) is 64.5 Å². The number of imide groups is 1. The molecule has 202 valence electrons. The van der Waals surface area contributed by atoms with Gasteiger partial charge in [0.15, 0.2) is 0 Å². The van der Waals surface area contributed by atoms with Crippen molar-refractivity contribution in [3.8, 4) is 5.75 Å². The van der Waals surface area contributed by atoms with E-state index >= 15 is 0 Å². The maximum absolute atomic E-state index is 13.9. The zero-order valence-electron chi connectivity index (χ0n) is 21.0. The number of nitrogens with one attached hydrogen (secondary N) is 1. The number of carbonyl (C=O) groups excluding carboxylic acids is 3. The van der Waals surface area contributed by atoms with Crippen LogP contribution in [0.15, 0.2) is 82.6 Å². The molecule has 0 aliphatic carbocycles. The summed E-state index contributed by atoms with van der Waals surface area (Å²) < 4.78 is 1.38. The standard InChI is InChI=1S/C29H22ClN3O5S2/c1-15-2-8-18(9-3-15)31-21(35)14-32-28-25(40-29(32)38)22(16-4-12-20(34)13-5-16)23-24(39-28)27(37)33(26(23)36)19-10-6-17(30)7-11-19/h2-13,22-24,34H,14H2,1H3,(H,31,35). The first-order chi connectivity index (χ1) is 19.2. The third kappa shape index (κ3) is 4.61. The van der Waals surface area contributed by atoms with Crippen LogP contribution in [-0.4, -0.2) is 32.6 Å². The molecular formula is C29H22ClN3O5S2. The van der Waals surface area contributed by atoms with Gasteiger partial charge in [0, 0.05) is 21.5 Å². The summed E-state index contributed by atoms with van der Waals surface area (Å²) in [6.45, 7) is 1.70. The topological polar surface area (TPSA) is 109 Å². The molecule has 40 heavy (non-hydrogen) atoms. The number of aromatic hydroxyl groups is 1. The highest BCUT2D eigenvalue weighted by molar-refractivity contribution is 8.00. The van der Waals surface area contributed by atoms with E-state index in [1.807, 2.05) is 19.1 Å². The minimum atomic E-state index is -0.810. The van der Waals surface area contributed by atoms with Gasteiger partial charge in [-0.05, 0) is 61.0 Å². The summed E-state index contributed by atoms with van der Waals surface area (Å²) in [4.78, 5) is 55.2. The van der Waals surface area contributed by atoms with Gasteiger partial charge in [0.05, 0.1) is 16.6 Å². The average molecular weight is 592 g/mol. The fourth-order valence-corrected chi connectivity index (χ4v) is 8.02. The van der Waals surface area contributed by atoms with Crippen molar-refractivity contribution in [1.82, 2.24) is 4.57 Å². The van der Waals surface area contributed by atoms with E-state index in [2.05, 4.69) is 5.32 Å². The Kier molecular flexibility index (Phi) is 6.77. The van der Waals surface area contributed by atoms with Gasteiger partial charge >= 0.3 is 4.87 Å². The van der Waals surface area contributed by atoms with E-state index in [-0.39, 0.29) is 29.0 Å². The van der Waals surface area contributed by atoms with Gasteiger partial charge in [0.2, 0.25) is 17.7 Å². The molecule has 1 saturated heterocycles. The van der Waals surface area contributed by atoms with Gasteiger partial charge < -0.3 is 10.4 Å². The number of anilines is 2. The van der Waals surface area contributed by atoms with E-state index in [9.17, 15) is 24.3 Å². The van der Waals surface area contributed by atoms with Crippen molar-refractivity contribution < 1.29 is 19.5 Å². The lowest BCUT2D eigenvalue weighted by atomic mass is 9.83. The van der Waals surface area contributed by atoms with Gasteiger partial charge in [-0.15, -0.1) is 0 Å². The van der Waals surface area contributed by atoms with Crippen LogP contribution in [0.2, 0.25) is 5.02 Å². The number of hydrogen-bond acceptors (Lipinski definition) is 7. The van der Waals surface area contributed by atoms with Crippen LogP contribution < -0.4 is 15.1 Å². The maximum atomic E-state index is 13.9. The number of fused-ring (bicyclic) bond motifs is 2. The van der Waals surface area contributed by atoms with Crippen LogP contribution in [0.5, 0.6) is 5.75 Å². The van der Waals surface area contributed by atoms with E-state index in [1.54, 1.807) is 48.5 Å². The number of halogens is 1. The molecule has 6 rings (SSSR count). The zero-order valence-corrected chi connectivity index (χ0v) is 23.4. The van der Waals surface area contributed by atoms with Crippen molar-refractivity contribution in [2.75, 3.05) is 10.2 Å². The number of rotatable bonds is 5. The summed E-state index contributed by atoms with van der Waals surface area (Å²) in [7, 11) is 0. The Morgan fingerprint density at radius 3 is 2.30 bits per heavy atom. The van der Waals surface area contributed by atoms with E-state index in [0.717, 1.165) is 28.7 Å². The molecule has 4 aromatic rings. The average Bonchev–Trinajstić information content (AvgIpc) is 3.37. The van der Waals surface area contributed by atoms with Crippen LogP contribution in [0.4, 0.5) is 11.4 Å². The van der Waals surface area contributed by atoms with Gasteiger partial charge in [-0.25, -0.2) is 4.90 Å². The molecule has 0 spiro atoms. The van der Waals surface area contributed by atoms with Crippen molar-refractivity contribution in [2.24, 2.45) is 5.92 Å². The summed E-state index contributed by atoms with van der Waals surface area (Å²) in [5.41, 5.74) is 2.76. The lowest BCUT2D eigenvalue weighted by Gasteiger charge is -2.30. The Labute approximate surface area is 242 Å². The molecule has 8 nitrogen and oxygen atoms in total. The minimum absolute atomic E-state index is 0.0563. The Morgan fingerprint density at radius 2 is 1.62 bits per heavy atom. The van der Waals surface area contributed by atoms with Gasteiger partial charge in [-0.2, -0.15) is 0 Å². The van der Waals surface area contributed by atoms with Crippen molar-refractivity contribution in [3.63, 3.8) is 0 Å². The van der Waals surface area contributed by atoms with Crippen molar-refractivity contribution in [2.45, 2.75) is 29.7 Å². The summed E-state index contributed by atoms with van der Waals surface area (Å²) in [6, 6.07) is 20.2. The Bertz CT molecular complexity index is 1700. The monoisotopic (exact) mass is 591 g/mol. The smallest absolute Gasteiger partial charge is 0.308 e. The normalized spacial score (nSPS) is 19.9. The molecule has 3 aromatic carbocycles. The largest absolute Gasteiger partial charge is 0.508 e. The molecule has 2 aliphatic rings. The second kappa shape index (κ2) is 10.3.